The molecule has 7 aromatic heterocycles. The molecule has 522 valence electrons. The van der Waals surface area contributed by atoms with E-state index in [9.17, 15) is 9.59 Å². The van der Waals surface area contributed by atoms with Crippen LogP contribution in [0.5, 0.6) is 0 Å². The molecule has 0 spiro atoms. The molecular formula is C73H76Cl3N23O3. The molecule has 1 saturated heterocycles. The number of halogens is 3. The highest BCUT2D eigenvalue weighted by Crippen LogP contribution is 2.50. The number of hydrogen-bond acceptors (Lipinski definition) is 18. The number of rotatable bonds is 21. The van der Waals surface area contributed by atoms with Gasteiger partial charge in [-0.3, -0.25) is 49.5 Å². The van der Waals surface area contributed by atoms with Gasteiger partial charge in [-0.2, -0.15) is 20.4 Å². The number of nitrogens with one attached hydrogen (secondary N) is 6. The van der Waals surface area contributed by atoms with Crippen molar-refractivity contribution in [3.63, 3.8) is 0 Å². The first-order valence-corrected chi connectivity index (χ1v) is 35.0. The van der Waals surface area contributed by atoms with E-state index in [1.54, 1.807) is 46.8 Å². The summed E-state index contributed by atoms with van der Waals surface area (Å²) in [4.78, 5) is 66.0. The van der Waals surface area contributed by atoms with E-state index >= 15 is 0 Å². The minimum absolute atomic E-state index is 0.00387. The minimum atomic E-state index is -0.350. The second-order valence-corrected chi connectivity index (χ2v) is 27.6. The second-order valence-electron chi connectivity index (χ2n) is 26.4. The van der Waals surface area contributed by atoms with Crippen molar-refractivity contribution in [3.8, 4) is 45.0 Å². The van der Waals surface area contributed by atoms with Crippen LogP contribution >= 0.6 is 34.8 Å². The summed E-state index contributed by atoms with van der Waals surface area (Å²) in [6, 6.07) is 18.6. The summed E-state index contributed by atoms with van der Waals surface area (Å²) < 4.78 is 10.9. The average molecular weight is 1430 g/mol. The second kappa shape index (κ2) is 29.3. The molecule has 2 unspecified atom stereocenters. The number of aromatic amines is 1. The molecule has 14 rings (SSSR count). The predicted molar refractivity (Wildman–Crippen MR) is 396 cm³/mol. The molecule has 6 N–H and O–H groups in total. The highest BCUT2D eigenvalue weighted by Gasteiger charge is 2.38. The van der Waals surface area contributed by atoms with E-state index in [1.807, 2.05) is 82.1 Å². The fraction of sp³-hybridized carbons (Fsp3) is 0.342. The van der Waals surface area contributed by atoms with Gasteiger partial charge in [-0.15, -0.1) is 0 Å². The van der Waals surface area contributed by atoms with Gasteiger partial charge in [0.05, 0.1) is 76.6 Å². The van der Waals surface area contributed by atoms with Crippen molar-refractivity contribution in [3.05, 3.63) is 174 Å². The van der Waals surface area contributed by atoms with Crippen molar-refractivity contribution in [1.82, 2.24) is 79.2 Å². The maximum absolute atomic E-state index is 12.2. The Balaban J connectivity index is 0.777. The zero-order chi connectivity index (χ0) is 71.0. The van der Waals surface area contributed by atoms with E-state index in [2.05, 4.69) is 73.3 Å². The molecular weight excluding hydrogens is 1350 g/mol. The lowest BCUT2D eigenvalue weighted by Gasteiger charge is -2.31. The number of benzene rings is 3. The van der Waals surface area contributed by atoms with Crippen LogP contribution in [0.15, 0.2) is 95.6 Å². The summed E-state index contributed by atoms with van der Waals surface area (Å²) in [5, 5.41) is 51.9. The van der Waals surface area contributed by atoms with Gasteiger partial charge in [-0.1, -0.05) is 76.8 Å². The fourth-order valence-electron chi connectivity index (χ4n) is 14.2. The summed E-state index contributed by atoms with van der Waals surface area (Å²) in [7, 11) is 8.87. The monoisotopic (exact) mass is 1430 g/mol. The molecule has 0 bridgehead atoms. The molecule has 2 amide bonds. The summed E-state index contributed by atoms with van der Waals surface area (Å²) >= 11 is 22.6. The predicted octanol–water partition coefficient (Wildman–Crippen LogP) is 11.4. The molecule has 10 aromatic rings. The molecule has 102 heavy (non-hydrogen) atoms. The van der Waals surface area contributed by atoms with Crippen molar-refractivity contribution in [2.75, 3.05) is 69.9 Å². The number of hydrogen-bond donors (Lipinski definition) is 6. The van der Waals surface area contributed by atoms with Crippen LogP contribution in [0.2, 0.25) is 15.1 Å². The summed E-state index contributed by atoms with van der Waals surface area (Å²) in [5.41, 5.74) is 18.7. The number of likely N-dealkylation sites (tertiary alicyclic amines) is 1. The number of nitrogens with zero attached hydrogens (tertiary/aromatic N) is 17. The Kier molecular flexibility index (Phi) is 19.7. The van der Waals surface area contributed by atoms with E-state index in [-0.39, 0.29) is 79.1 Å². The van der Waals surface area contributed by atoms with Gasteiger partial charge in [-0.05, 0) is 78.6 Å². The number of fused-ring (bicyclic) bond motifs is 9. The van der Waals surface area contributed by atoms with Crippen LogP contribution in [0, 0.1) is 17.7 Å². The third-order valence-electron chi connectivity index (χ3n) is 19.4. The number of aryl methyl sites for hydroxylation is 5. The van der Waals surface area contributed by atoms with E-state index in [4.69, 9.17) is 95.7 Å². The molecule has 0 radical (unpaired) electrons. The minimum Gasteiger partial charge on any atom is -0.383 e. The highest BCUT2D eigenvalue weighted by molar-refractivity contribution is 6.36. The number of piperidine rings is 1. The molecule has 26 nitrogen and oxygen atoms in total. The Morgan fingerprint density at radius 2 is 1.46 bits per heavy atom. The third-order valence-corrected chi connectivity index (χ3v) is 20.6. The topological polar surface area (TPSA) is 318 Å². The SMILES string of the molecule is COCCN=CCC(=N)Nc1ncc2c(n1)-c1c(nn(C)c1-c1cccc(C)c1)CC2c1ccc(Cl)c(Cc2[nH]nc3c2-c2nc(Nc4cnn(C5CCN(C(C)=O)CC5)c4)ncc2C(c2ccc(Cc4c5c(nn4C)CCc4cnc(NC(=N)CC=NCC(=O)N(C)C)nc4-5)c(Cl)c2)C3)c1Cl. The van der Waals surface area contributed by atoms with Crippen molar-refractivity contribution >= 4 is 94.3 Å². The molecule has 3 aliphatic carbocycles. The molecule has 0 saturated carbocycles. The lowest BCUT2D eigenvalue weighted by Crippen LogP contribution is -2.37. The average Bonchev–Trinajstić information content (AvgIpc) is 1.51. The molecule has 3 aromatic carbocycles. The van der Waals surface area contributed by atoms with Crippen molar-refractivity contribution < 1.29 is 14.3 Å². The van der Waals surface area contributed by atoms with Gasteiger partial charge in [0.1, 0.15) is 18.2 Å². The summed E-state index contributed by atoms with van der Waals surface area (Å²) in [6.07, 6.45) is 17.6. The maximum Gasteiger partial charge on any atom is 0.243 e. The van der Waals surface area contributed by atoms with E-state index in [0.717, 1.165) is 114 Å². The fourth-order valence-corrected chi connectivity index (χ4v) is 15.1. The smallest absolute Gasteiger partial charge is 0.243 e. The number of carbonyl (C=O) groups is 2. The van der Waals surface area contributed by atoms with Gasteiger partial charge in [0, 0.05) is 197 Å². The van der Waals surface area contributed by atoms with Crippen molar-refractivity contribution in [1.29, 1.82) is 10.8 Å². The molecule has 29 heteroatoms. The Hall–Kier alpha value is -10.4. The standard InChI is InChI=1S/C73H76Cl3N23O3/c1-39-9-8-10-43(27-39)70-65-58(94-97(70)6)31-49(52-36-83-73(90-69(52)65)87-60(77)17-21-79-23-26-102-7)47-14-15-53(74)50(66(47)76)32-57-63-56(91-92-57)30-48(51-35-82-71(89-68(51)63)85-45-34-84-99(38-45)46-19-24-98(25-20-46)40(2)100)41-11-12-42(54(75)28-41)29-59-64-55(93-96(59)5)16-13-44-33-81-72(88-67(44)64)86-61(78)18-22-80-37-62(101)95(3)4/h8-12,14-15,21-22,27-28,33-36,38,46,48-49H,13,16-20,23-26,29-32,37H2,1-7H3,(H,91,92)(H,82,85,89)(H2,77,83,87,90)(H2,78,81,86,88). The molecule has 1 fully saturated rings. The number of methoxy groups -OCH3 is 1. The number of H-pyrrole nitrogens is 1. The number of likely N-dealkylation sites (N-methyl/N-ethyl adjacent to an activating group) is 1. The van der Waals surface area contributed by atoms with Crippen LogP contribution in [0.3, 0.4) is 0 Å². The van der Waals surface area contributed by atoms with Gasteiger partial charge in [0.2, 0.25) is 29.7 Å². The summed E-state index contributed by atoms with van der Waals surface area (Å²) in [5.74, 6) is 0.552. The first kappa shape index (κ1) is 68.7. The van der Waals surface area contributed by atoms with Crippen LogP contribution in [0.25, 0.3) is 45.0 Å². The van der Waals surface area contributed by atoms with E-state index in [1.165, 1.54) is 4.90 Å². The third kappa shape index (κ3) is 14.1. The van der Waals surface area contributed by atoms with E-state index in [0.29, 0.717) is 102 Å². The van der Waals surface area contributed by atoms with Gasteiger partial charge in [0.15, 0.2) is 0 Å². The first-order chi connectivity index (χ1) is 49.3. The van der Waals surface area contributed by atoms with Crippen LogP contribution in [0.1, 0.15) is 123 Å². The number of aromatic nitrogens is 14. The summed E-state index contributed by atoms with van der Waals surface area (Å²) in [6.45, 7) is 6.00. The lowest BCUT2D eigenvalue weighted by atomic mass is 9.78. The Labute approximate surface area is 603 Å². The maximum atomic E-state index is 12.2. The van der Waals surface area contributed by atoms with Gasteiger partial charge >= 0.3 is 0 Å². The quantitative estimate of drug-likeness (QED) is 0.0221. The molecule has 1 aliphatic heterocycles. The van der Waals surface area contributed by atoms with Crippen LogP contribution < -0.4 is 16.0 Å². The van der Waals surface area contributed by atoms with Gasteiger partial charge in [0.25, 0.3) is 0 Å². The van der Waals surface area contributed by atoms with Crippen molar-refractivity contribution in [2.24, 2.45) is 24.1 Å². The normalized spacial score (nSPS) is 15.4. The lowest BCUT2D eigenvalue weighted by molar-refractivity contribution is -0.130. The zero-order valence-electron chi connectivity index (χ0n) is 57.5. The van der Waals surface area contributed by atoms with Crippen LogP contribution in [-0.2, 0) is 66.9 Å². The number of carbonyl (C=O) groups excluding carboxylic acids is 2. The molecule has 2 atom stereocenters. The van der Waals surface area contributed by atoms with Gasteiger partial charge in [-0.25, -0.2) is 29.9 Å². The van der Waals surface area contributed by atoms with Crippen molar-refractivity contribution in [2.45, 2.75) is 95.9 Å². The number of aliphatic imine (C=N–C) groups is 2. The number of anilines is 4. The van der Waals surface area contributed by atoms with Crippen LogP contribution in [-0.4, -0.2) is 169 Å². The zero-order valence-corrected chi connectivity index (χ0v) is 59.8. The van der Waals surface area contributed by atoms with Gasteiger partial charge < -0.3 is 30.5 Å². The Morgan fingerprint density at radius 3 is 2.21 bits per heavy atom. The number of amidine groups is 2. The molecule has 4 aliphatic rings. The molecule has 8 heterocycles. The highest BCUT2D eigenvalue weighted by atomic mass is 35.5. The Bertz CT molecular complexity index is 5000. The number of amides is 2. The van der Waals surface area contributed by atoms with Crippen LogP contribution in [0.4, 0.5) is 23.5 Å². The number of ether oxygens (including phenoxy) is 1. The largest absolute Gasteiger partial charge is 0.383 e. The first-order valence-electron chi connectivity index (χ1n) is 33.8. The Morgan fingerprint density at radius 1 is 0.755 bits per heavy atom. The van der Waals surface area contributed by atoms with E-state index < -0.39 is 0 Å².